The highest BCUT2D eigenvalue weighted by Gasteiger charge is 2.52. The minimum Gasteiger partial charge on any atom is -0.312 e. The molecule has 1 rings (SSSR count). The van der Waals surface area contributed by atoms with E-state index < -0.39 is 15.2 Å². The van der Waals surface area contributed by atoms with Gasteiger partial charge in [-0.2, -0.15) is 0 Å². The average Bonchev–Trinajstić information content (AvgIpc) is 2.53. The maximum Gasteiger partial charge on any atom is 0.333 e. The minimum absolute atomic E-state index is 0.147. The molecule has 22 heavy (non-hydrogen) atoms. The molecule has 0 radical (unpaired) electrons. The SMILES string of the molecule is COP(=O)(OC)C1CC(C(C)C)CC(P(=O)(OC)OC)C1C. The zero-order valence-corrected chi connectivity index (χ0v) is 16.4. The van der Waals surface area contributed by atoms with Crippen molar-refractivity contribution in [3.63, 3.8) is 0 Å². The highest BCUT2D eigenvalue weighted by Crippen LogP contribution is 2.66. The Labute approximate surface area is 134 Å². The summed E-state index contributed by atoms with van der Waals surface area (Å²) in [5.41, 5.74) is -0.625. The van der Waals surface area contributed by atoms with E-state index in [0.717, 1.165) is 12.8 Å². The molecule has 1 aliphatic rings. The smallest absolute Gasteiger partial charge is 0.312 e. The Morgan fingerprint density at radius 2 is 1.14 bits per heavy atom. The molecule has 132 valence electrons. The summed E-state index contributed by atoms with van der Waals surface area (Å²) in [6.07, 6.45) is 1.45. The molecule has 1 fully saturated rings. The first kappa shape index (κ1) is 20.3. The normalized spacial score (nSPS) is 30.7. The van der Waals surface area contributed by atoms with Crippen molar-refractivity contribution in [2.24, 2.45) is 17.8 Å². The molecule has 1 aliphatic carbocycles. The molecule has 0 aromatic heterocycles. The van der Waals surface area contributed by atoms with Crippen molar-refractivity contribution in [3.05, 3.63) is 0 Å². The first-order valence-corrected chi connectivity index (χ1v) is 10.8. The molecule has 8 heteroatoms. The Morgan fingerprint density at radius 3 is 1.36 bits per heavy atom. The Bertz CT molecular complexity index is 401. The second-order valence-electron chi connectivity index (χ2n) is 6.28. The zero-order chi connectivity index (χ0) is 17.1. The molecule has 2 atom stereocenters. The number of rotatable bonds is 7. The first-order chi connectivity index (χ1) is 10.2. The fourth-order valence-electron chi connectivity index (χ4n) is 3.47. The summed E-state index contributed by atoms with van der Waals surface area (Å²) in [7, 11) is -0.900. The fourth-order valence-corrected chi connectivity index (χ4v) is 7.61. The van der Waals surface area contributed by atoms with Gasteiger partial charge in [-0.15, -0.1) is 0 Å². The van der Waals surface area contributed by atoms with Crippen LogP contribution in [-0.4, -0.2) is 39.8 Å². The van der Waals surface area contributed by atoms with Crippen LogP contribution in [0.2, 0.25) is 0 Å². The maximum absolute atomic E-state index is 12.9. The third-order valence-corrected chi connectivity index (χ3v) is 10.1. The van der Waals surface area contributed by atoms with Gasteiger partial charge in [0.25, 0.3) is 0 Å². The van der Waals surface area contributed by atoms with Crippen LogP contribution in [0.5, 0.6) is 0 Å². The van der Waals surface area contributed by atoms with Crippen molar-refractivity contribution < 1.29 is 27.2 Å². The number of hydrogen-bond donors (Lipinski definition) is 0. The third-order valence-electron chi connectivity index (χ3n) is 5.08. The van der Waals surface area contributed by atoms with E-state index in [-0.39, 0.29) is 23.2 Å². The molecule has 0 bridgehead atoms. The highest BCUT2D eigenvalue weighted by atomic mass is 31.2. The Hall–Kier alpha value is 0.300. The van der Waals surface area contributed by atoms with Gasteiger partial charge in [0.2, 0.25) is 0 Å². The van der Waals surface area contributed by atoms with Gasteiger partial charge in [-0.1, -0.05) is 20.8 Å². The monoisotopic (exact) mass is 356 g/mol. The predicted molar refractivity (Wildman–Crippen MR) is 87.6 cm³/mol. The topological polar surface area (TPSA) is 71.1 Å². The molecule has 0 heterocycles. The Balaban J connectivity index is 3.24. The minimum atomic E-state index is -3.25. The van der Waals surface area contributed by atoms with Crippen LogP contribution in [0.25, 0.3) is 0 Å². The van der Waals surface area contributed by atoms with E-state index in [9.17, 15) is 9.13 Å². The molecule has 0 spiro atoms. The summed E-state index contributed by atoms with van der Waals surface area (Å²) in [6, 6.07) is 0. The van der Waals surface area contributed by atoms with E-state index in [1.165, 1.54) is 28.4 Å². The van der Waals surface area contributed by atoms with Gasteiger partial charge in [-0.05, 0) is 30.6 Å². The molecule has 0 aromatic rings. The van der Waals surface area contributed by atoms with Crippen LogP contribution in [0, 0.1) is 17.8 Å². The van der Waals surface area contributed by atoms with Crippen molar-refractivity contribution in [2.75, 3.05) is 28.4 Å². The molecule has 1 saturated carbocycles. The van der Waals surface area contributed by atoms with E-state index in [1.54, 1.807) is 0 Å². The van der Waals surface area contributed by atoms with E-state index in [4.69, 9.17) is 18.1 Å². The van der Waals surface area contributed by atoms with E-state index in [0.29, 0.717) is 5.92 Å². The molecule has 0 amide bonds. The quantitative estimate of drug-likeness (QED) is 0.630. The van der Waals surface area contributed by atoms with Crippen molar-refractivity contribution in [1.29, 1.82) is 0 Å². The van der Waals surface area contributed by atoms with Gasteiger partial charge in [0, 0.05) is 28.4 Å². The second kappa shape index (κ2) is 7.92. The molecular weight excluding hydrogens is 326 g/mol. The van der Waals surface area contributed by atoms with Gasteiger partial charge >= 0.3 is 15.2 Å². The van der Waals surface area contributed by atoms with Crippen LogP contribution >= 0.6 is 15.2 Å². The van der Waals surface area contributed by atoms with Crippen molar-refractivity contribution in [2.45, 2.75) is 44.9 Å². The lowest BCUT2D eigenvalue weighted by Crippen LogP contribution is -2.40. The second-order valence-corrected chi connectivity index (χ2v) is 11.2. The van der Waals surface area contributed by atoms with Gasteiger partial charge in [0.1, 0.15) is 0 Å². The maximum atomic E-state index is 12.9. The van der Waals surface area contributed by atoms with Gasteiger partial charge in [0.05, 0.1) is 11.3 Å². The van der Waals surface area contributed by atoms with Gasteiger partial charge in [-0.25, -0.2) is 0 Å². The van der Waals surface area contributed by atoms with Crippen LogP contribution in [0.15, 0.2) is 0 Å². The van der Waals surface area contributed by atoms with Crippen LogP contribution in [0.4, 0.5) is 0 Å². The fraction of sp³-hybridized carbons (Fsp3) is 1.00. The van der Waals surface area contributed by atoms with Gasteiger partial charge in [0.15, 0.2) is 0 Å². The van der Waals surface area contributed by atoms with Gasteiger partial charge in [-0.3, -0.25) is 9.13 Å². The van der Waals surface area contributed by atoms with Gasteiger partial charge < -0.3 is 18.1 Å². The lowest BCUT2D eigenvalue weighted by atomic mass is 9.77. The first-order valence-electron chi connectivity index (χ1n) is 7.61. The molecule has 6 nitrogen and oxygen atoms in total. The summed E-state index contributed by atoms with van der Waals surface area (Å²) < 4.78 is 46.7. The summed E-state index contributed by atoms with van der Waals surface area (Å²) in [4.78, 5) is 0. The van der Waals surface area contributed by atoms with Crippen molar-refractivity contribution >= 4 is 15.2 Å². The third kappa shape index (κ3) is 3.85. The standard InChI is InChI=1S/C14H30O6P2/c1-10(2)12-8-13(21(15,17-4)18-5)11(3)14(9-12)22(16,19-6)20-7/h10-14H,8-9H2,1-7H3. The zero-order valence-electron chi connectivity index (χ0n) is 14.6. The van der Waals surface area contributed by atoms with Crippen molar-refractivity contribution in [3.8, 4) is 0 Å². The number of hydrogen-bond acceptors (Lipinski definition) is 6. The van der Waals surface area contributed by atoms with E-state index in [2.05, 4.69) is 13.8 Å². The summed E-state index contributed by atoms with van der Waals surface area (Å²) >= 11 is 0. The largest absolute Gasteiger partial charge is 0.333 e. The predicted octanol–water partition coefficient (Wildman–Crippen LogP) is 4.40. The summed E-state index contributed by atoms with van der Waals surface area (Å²) in [6.45, 7) is 6.16. The molecule has 0 saturated heterocycles. The Kier molecular flexibility index (Phi) is 7.32. The average molecular weight is 356 g/mol. The van der Waals surface area contributed by atoms with E-state index in [1.807, 2.05) is 6.92 Å². The summed E-state index contributed by atoms with van der Waals surface area (Å²) in [5, 5.41) is 0. The molecule has 2 unspecified atom stereocenters. The molecule has 0 aromatic carbocycles. The van der Waals surface area contributed by atoms with Crippen molar-refractivity contribution in [1.82, 2.24) is 0 Å². The molecular formula is C14H30O6P2. The van der Waals surface area contributed by atoms with Crippen LogP contribution in [0.1, 0.15) is 33.6 Å². The Morgan fingerprint density at radius 1 is 0.818 bits per heavy atom. The van der Waals surface area contributed by atoms with Crippen LogP contribution in [0.3, 0.4) is 0 Å². The van der Waals surface area contributed by atoms with E-state index >= 15 is 0 Å². The lowest BCUT2D eigenvalue weighted by Gasteiger charge is -2.44. The highest BCUT2D eigenvalue weighted by molar-refractivity contribution is 7.55. The van der Waals surface area contributed by atoms with Crippen LogP contribution in [-0.2, 0) is 27.2 Å². The summed E-state index contributed by atoms with van der Waals surface area (Å²) in [5.74, 6) is 0.497. The molecule has 0 aliphatic heterocycles. The molecule has 0 N–H and O–H groups in total. The lowest BCUT2D eigenvalue weighted by molar-refractivity contribution is 0.173. The van der Waals surface area contributed by atoms with Crippen LogP contribution < -0.4 is 0 Å².